The number of likely N-dealkylation sites (tertiary alicyclic amines) is 1. The second-order valence-electron chi connectivity index (χ2n) is 6.80. The highest BCUT2D eigenvalue weighted by molar-refractivity contribution is 5.94. The first kappa shape index (κ1) is 18.8. The van der Waals surface area contributed by atoms with Crippen LogP contribution in [0.5, 0.6) is 0 Å². The average Bonchev–Trinajstić information content (AvgIpc) is 2.89. The Labute approximate surface area is 157 Å². The van der Waals surface area contributed by atoms with Crippen LogP contribution in [0.1, 0.15) is 45.8 Å². The summed E-state index contributed by atoms with van der Waals surface area (Å²) in [4.78, 5) is 46.5. The van der Waals surface area contributed by atoms with Gasteiger partial charge in [-0.3, -0.25) is 19.4 Å². The molecule has 2 aromatic rings. The molecule has 0 aromatic carbocycles. The van der Waals surface area contributed by atoms with Crippen LogP contribution in [-0.4, -0.2) is 50.4 Å². The van der Waals surface area contributed by atoms with Gasteiger partial charge >= 0.3 is 0 Å². The van der Waals surface area contributed by atoms with Gasteiger partial charge in [0.05, 0.1) is 17.5 Å². The normalized spacial score (nSPS) is 17.3. The fraction of sp³-hybridized carbons (Fsp3) is 0.421. The van der Waals surface area contributed by atoms with E-state index in [1.165, 1.54) is 16.8 Å². The van der Waals surface area contributed by atoms with E-state index in [-0.39, 0.29) is 23.4 Å². The Balaban J connectivity index is 1.60. The molecule has 27 heavy (non-hydrogen) atoms. The van der Waals surface area contributed by atoms with Crippen molar-refractivity contribution in [3.8, 4) is 0 Å². The number of carbonyl (C=O) groups excluding carboxylic acids is 2. The summed E-state index contributed by atoms with van der Waals surface area (Å²) < 4.78 is 1.40. The standard InChI is InChI=1S/C19H23N5O3/c1-13-10-21-16(11-20-13)18(26)22-15-4-3-8-24(9-7-15)19(27)14-5-6-17(25)23(2)12-14/h5-6,10-12,15H,3-4,7-9H2,1-2H3,(H,22,26)/t15-/m0/s1. The third kappa shape index (κ3) is 4.58. The Morgan fingerprint density at radius 2 is 1.96 bits per heavy atom. The second-order valence-corrected chi connectivity index (χ2v) is 6.80. The summed E-state index contributed by atoms with van der Waals surface area (Å²) in [5.74, 6) is -0.340. The maximum absolute atomic E-state index is 12.7. The molecular formula is C19H23N5O3. The van der Waals surface area contributed by atoms with Crippen LogP contribution in [0.3, 0.4) is 0 Å². The van der Waals surface area contributed by atoms with E-state index in [0.717, 1.165) is 18.5 Å². The number of rotatable bonds is 3. The number of pyridine rings is 1. The fourth-order valence-corrected chi connectivity index (χ4v) is 3.12. The molecule has 0 spiro atoms. The molecule has 1 N–H and O–H groups in total. The van der Waals surface area contributed by atoms with Crippen molar-refractivity contribution in [2.45, 2.75) is 32.2 Å². The SMILES string of the molecule is Cc1cnc(C(=O)N[C@H]2CCCN(C(=O)c3ccc(=O)n(C)c3)CC2)cn1. The smallest absolute Gasteiger partial charge is 0.271 e. The molecule has 0 unspecified atom stereocenters. The van der Waals surface area contributed by atoms with Gasteiger partial charge in [0.1, 0.15) is 5.69 Å². The third-order valence-corrected chi connectivity index (χ3v) is 4.70. The molecule has 1 fully saturated rings. The molecule has 8 heteroatoms. The lowest BCUT2D eigenvalue weighted by Gasteiger charge is -2.21. The van der Waals surface area contributed by atoms with Crippen molar-refractivity contribution in [3.05, 3.63) is 58.0 Å². The average molecular weight is 369 g/mol. The van der Waals surface area contributed by atoms with Crippen molar-refractivity contribution in [2.24, 2.45) is 7.05 Å². The van der Waals surface area contributed by atoms with Crippen LogP contribution in [-0.2, 0) is 7.05 Å². The van der Waals surface area contributed by atoms with E-state index in [1.54, 1.807) is 30.4 Å². The van der Waals surface area contributed by atoms with Crippen LogP contribution in [0.15, 0.2) is 35.5 Å². The molecule has 1 saturated heterocycles. The van der Waals surface area contributed by atoms with Gasteiger partial charge in [-0.25, -0.2) is 4.98 Å². The van der Waals surface area contributed by atoms with Crippen molar-refractivity contribution < 1.29 is 9.59 Å². The molecule has 8 nitrogen and oxygen atoms in total. The predicted octanol–water partition coefficient (Wildman–Crippen LogP) is 0.908. The zero-order chi connectivity index (χ0) is 19.4. The summed E-state index contributed by atoms with van der Waals surface area (Å²) in [6, 6.07) is 2.94. The minimum absolute atomic E-state index is 0.0152. The number of carbonyl (C=O) groups is 2. The van der Waals surface area contributed by atoms with E-state index in [4.69, 9.17) is 0 Å². The molecule has 0 bridgehead atoms. The number of aromatic nitrogens is 3. The van der Waals surface area contributed by atoms with E-state index >= 15 is 0 Å². The number of amides is 2. The number of hydrogen-bond acceptors (Lipinski definition) is 5. The van der Waals surface area contributed by atoms with Crippen LogP contribution >= 0.6 is 0 Å². The first-order valence-corrected chi connectivity index (χ1v) is 8.99. The Bertz CT molecular complexity index is 891. The third-order valence-electron chi connectivity index (χ3n) is 4.70. The Morgan fingerprint density at radius 1 is 1.15 bits per heavy atom. The predicted molar refractivity (Wildman–Crippen MR) is 99.5 cm³/mol. The monoisotopic (exact) mass is 369 g/mol. The van der Waals surface area contributed by atoms with Crippen LogP contribution in [0, 0.1) is 6.92 Å². The Morgan fingerprint density at radius 3 is 2.67 bits per heavy atom. The number of nitrogens with zero attached hydrogens (tertiary/aromatic N) is 4. The highest BCUT2D eigenvalue weighted by Gasteiger charge is 2.23. The lowest BCUT2D eigenvalue weighted by molar-refractivity contribution is 0.0760. The Hall–Kier alpha value is -3.03. The highest BCUT2D eigenvalue weighted by Crippen LogP contribution is 2.14. The van der Waals surface area contributed by atoms with Gasteiger partial charge in [-0.1, -0.05) is 0 Å². The first-order valence-electron chi connectivity index (χ1n) is 8.99. The van der Waals surface area contributed by atoms with Crippen LogP contribution in [0.4, 0.5) is 0 Å². The van der Waals surface area contributed by atoms with Gasteiger partial charge in [0.2, 0.25) is 5.56 Å². The van der Waals surface area contributed by atoms with E-state index in [1.807, 2.05) is 6.92 Å². The van der Waals surface area contributed by atoms with Crippen molar-refractivity contribution >= 4 is 11.8 Å². The maximum Gasteiger partial charge on any atom is 0.271 e. The number of aryl methyl sites for hydroxylation is 2. The summed E-state index contributed by atoms with van der Waals surface area (Å²) >= 11 is 0. The highest BCUT2D eigenvalue weighted by atomic mass is 16.2. The van der Waals surface area contributed by atoms with Crippen molar-refractivity contribution in [2.75, 3.05) is 13.1 Å². The minimum Gasteiger partial charge on any atom is -0.348 e. The molecule has 142 valence electrons. The van der Waals surface area contributed by atoms with Gasteiger partial charge in [-0.05, 0) is 32.3 Å². The molecule has 2 aromatic heterocycles. The van der Waals surface area contributed by atoms with E-state index < -0.39 is 0 Å². The second kappa shape index (κ2) is 8.11. The molecule has 0 radical (unpaired) electrons. The van der Waals surface area contributed by atoms with Crippen LogP contribution in [0.25, 0.3) is 0 Å². The molecule has 0 aliphatic carbocycles. The molecule has 1 aliphatic rings. The van der Waals surface area contributed by atoms with Gasteiger partial charge in [0, 0.05) is 44.6 Å². The lowest BCUT2D eigenvalue weighted by atomic mass is 10.1. The fourth-order valence-electron chi connectivity index (χ4n) is 3.12. The summed E-state index contributed by atoms with van der Waals surface area (Å²) in [6.07, 6.45) is 6.85. The summed E-state index contributed by atoms with van der Waals surface area (Å²) in [6.45, 7) is 2.99. The summed E-state index contributed by atoms with van der Waals surface area (Å²) in [5, 5.41) is 2.99. The molecule has 3 heterocycles. The quantitative estimate of drug-likeness (QED) is 0.867. The molecule has 0 saturated carbocycles. The van der Waals surface area contributed by atoms with E-state index in [0.29, 0.717) is 30.8 Å². The van der Waals surface area contributed by atoms with Crippen molar-refractivity contribution in [1.82, 2.24) is 24.8 Å². The van der Waals surface area contributed by atoms with Gasteiger partial charge in [-0.2, -0.15) is 0 Å². The zero-order valence-corrected chi connectivity index (χ0v) is 15.5. The van der Waals surface area contributed by atoms with E-state index in [9.17, 15) is 14.4 Å². The topological polar surface area (TPSA) is 97.2 Å². The molecule has 1 atom stereocenters. The van der Waals surface area contributed by atoms with Crippen molar-refractivity contribution in [1.29, 1.82) is 0 Å². The molecule has 2 amide bonds. The van der Waals surface area contributed by atoms with Crippen molar-refractivity contribution in [3.63, 3.8) is 0 Å². The van der Waals surface area contributed by atoms with Crippen LogP contribution in [0.2, 0.25) is 0 Å². The molecule has 3 rings (SSSR count). The lowest BCUT2D eigenvalue weighted by Crippen LogP contribution is -2.37. The molecular weight excluding hydrogens is 346 g/mol. The zero-order valence-electron chi connectivity index (χ0n) is 15.5. The largest absolute Gasteiger partial charge is 0.348 e. The number of hydrogen-bond donors (Lipinski definition) is 1. The first-order chi connectivity index (χ1) is 12.9. The Kier molecular flexibility index (Phi) is 5.63. The molecule has 1 aliphatic heterocycles. The maximum atomic E-state index is 12.7. The van der Waals surface area contributed by atoms with Gasteiger partial charge in [0.25, 0.3) is 11.8 Å². The van der Waals surface area contributed by atoms with Gasteiger partial charge in [-0.15, -0.1) is 0 Å². The summed E-state index contributed by atoms with van der Waals surface area (Å²) in [7, 11) is 1.63. The van der Waals surface area contributed by atoms with Crippen LogP contribution < -0.4 is 10.9 Å². The van der Waals surface area contributed by atoms with E-state index in [2.05, 4.69) is 15.3 Å². The van der Waals surface area contributed by atoms with Gasteiger partial charge in [0.15, 0.2) is 0 Å². The van der Waals surface area contributed by atoms with Gasteiger partial charge < -0.3 is 14.8 Å². The number of nitrogens with one attached hydrogen (secondary N) is 1. The minimum atomic E-state index is -0.245. The summed E-state index contributed by atoms with van der Waals surface area (Å²) in [5.41, 5.74) is 1.40.